The van der Waals surface area contributed by atoms with E-state index in [1.54, 1.807) is 38.5 Å². The maximum atomic E-state index is 12.9. The van der Waals surface area contributed by atoms with Crippen LogP contribution >= 0.6 is 0 Å². The minimum Gasteiger partial charge on any atom is -0.467 e. The van der Waals surface area contributed by atoms with Crippen LogP contribution in [0, 0.1) is 0 Å². The van der Waals surface area contributed by atoms with Crippen molar-refractivity contribution >= 4 is 11.6 Å². The first-order chi connectivity index (χ1) is 11.6. The number of aromatic nitrogens is 2. The molecule has 6 heteroatoms. The number of pyridine rings is 1. The van der Waals surface area contributed by atoms with Gasteiger partial charge < -0.3 is 9.64 Å². The number of carbonyl (C=O) groups excluding carboxylic acids is 1. The van der Waals surface area contributed by atoms with E-state index in [-0.39, 0.29) is 24.0 Å². The van der Waals surface area contributed by atoms with E-state index >= 15 is 0 Å². The van der Waals surface area contributed by atoms with Gasteiger partial charge in [0.25, 0.3) is 11.5 Å². The Morgan fingerprint density at radius 1 is 1.12 bits per heavy atom. The summed E-state index contributed by atoms with van der Waals surface area (Å²) < 4.78 is 7.05. The predicted molar refractivity (Wildman–Crippen MR) is 91.1 cm³/mol. The molecule has 0 saturated heterocycles. The van der Waals surface area contributed by atoms with Gasteiger partial charge in [0.15, 0.2) is 6.61 Å². The third-order valence-corrected chi connectivity index (χ3v) is 3.59. The molecule has 0 fully saturated rings. The van der Waals surface area contributed by atoms with Crippen molar-refractivity contribution < 1.29 is 9.53 Å². The first-order valence-electron chi connectivity index (χ1n) is 7.47. The van der Waals surface area contributed by atoms with Gasteiger partial charge in [0.05, 0.1) is 0 Å². The molecule has 0 saturated carbocycles. The molecule has 0 aliphatic carbocycles. The summed E-state index contributed by atoms with van der Waals surface area (Å²) in [6.07, 6.45) is 1.66. The van der Waals surface area contributed by atoms with Crippen molar-refractivity contribution in [1.29, 1.82) is 0 Å². The van der Waals surface area contributed by atoms with Crippen LogP contribution in [0.3, 0.4) is 0 Å². The quantitative estimate of drug-likeness (QED) is 0.735. The Labute approximate surface area is 138 Å². The molecule has 3 rings (SSSR count). The SMILES string of the molecule is CN(C)C(=O)COc1nc2ccccn2c(=O)c1-c1ccccc1. The summed E-state index contributed by atoms with van der Waals surface area (Å²) in [5.41, 5.74) is 1.26. The number of fused-ring (bicyclic) bond motifs is 1. The van der Waals surface area contributed by atoms with Crippen LogP contribution in [0.1, 0.15) is 0 Å². The molecule has 24 heavy (non-hydrogen) atoms. The number of rotatable bonds is 4. The lowest BCUT2D eigenvalue weighted by molar-refractivity contribution is -0.130. The van der Waals surface area contributed by atoms with Crippen molar-refractivity contribution in [2.24, 2.45) is 0 Å². The van der Waals surface area contributed by atoms with Crippen LogP contribution in [0.15, 0.2) is 59.5 Å². The molecule has 0 atom stereocenters. The Balaban J connectivity index is 2.15. The second-order valence-electron chi connectivity index (χ2n) is 5.47. The summed E-state index contributed by atoms with van der Waals surface area (Å²) >= 11 is 0. The van der Waals surface area contributed by atoms with Gasteiger partial charge in [0.1, 0.15) is 11.2 Å². The molecule has 3 aromatic rings. The lowest BCUT2D eigenvalue weighted by Gasteiger charge is -2.14. The third kappa shape index (κ3) is 2.99. The fourth-order valence-corrected chi connectivity index (χ4v) is 2.28. The molecule has 2 aromatic heterocycles. The Morgan fingerprint density at radius 3 is 2.54 bits per heavy atom. The molecule has 1 aromatic carbocycles. The van der Waals surface area contributed by atoms with Gasteiger partial charge in [-0.2, -0.15) is 4.98 Å². The number of carbonyl (C=O) groups is 1. The molecule has 0 spiro atoms. The zero-order chi connectivity index (χ0) is 17.1. The van der Waals surface area contributed by atoms with Crippen molar-refractivity contribution in [3.8, 4) is 17.0 Å². The molecule has 1 amide bonds. The Bertz CT molecular complexity index is 933. The van der Waals surface area contributed by atoms with Crippen molar-refractivity contribution in [2.45, 2.75) is 0 Å². The smallest absolute Gasteiger partial charge is 0.269 e. The molecule has 122 valence electrons. The Morgan fingerprint density at radius 2 is 1.83 bits per heavy atom. The molecular weight excluding hydrogens is 306 g/mol. The fourth-order valence-electron chi connectivity index (χ4n) is 2.28. The highest BCUT2D eigenvalue weighted by Gasteiger charge is 2.17. The number of nitrogens with zero attached hydrogens (tertiary/aromatic N) is 3. The average molecular weight is 323 g/mol. The van der Waals surface area contributed by atoms with Crippen molar-refractivity contribution in [2.75, 3.05) is 20.7 Å². The highest BCUT2D eigenvalue weighted by molar-refractivity contribution is 5.77. The first-order valence-corrected chi connectivity index (χ1v) is 7.47. The molecule has 0 aliphatic heterocycles. The number of hydrogen-bond donors (Lipinski definition) is 0. The standard InChI is InChI=1S/C18H17N3O3/c1-20(2)15(22)12-24-17-16(13-8-4-3-5-9-13)18(23)21-11-7-6-10-14(21)19-17/h3-11H,12H2,1-2H3. The van der Waals surface area contributed by atoms with Crippen LogP contribution in [0.25, 0.3) is 16.8 Å². The summed E-state index contributed by atoms with van der Waals surface area (Å²) in [5.74, 6) is -0.0447. The monoisotopic (exact) mass is 323 g/mol. The molecular formula is C18H17N3O3. The summed E-state index contributed by atoms with van der Waals surface area (Å²) in [5, 5.41) is 0. The molecule has 0 unspecified atom stereocenters. The van der Waals surface area contributed by atoms with Crippen molar-refractivity contribution in [3.05, 3.63) is 65.1 Å². The van der Waals surface area contributed by atoms with Crippen molar-refractivity contribution in [3.63, 3.8) is 0 Å². The maximum Gasteiger partial charge on any atom is 0.269 e. The summed E-state index contributed by atoms with van der Waals surface area (Å²) in [4.78, 5) is 30.5. The van der Waals surface area contributed by atoms with E-state index in [0.29, 0.717) is 16.8 Å². The van der Waals surface area contributed by atoms with Crippen LogP contribution in [0.5, 0.6) is 5.88 Å². The highest BCUT2D eigenvalue weighted by Crippen LogP contribution is 2.25. The molecule has 0 N–H and O–H groups in total. The first kappa shape index (κ1) is 15.7. The van der Waals surface area contributed by atoms with Crippen LogP contribution in [-0.4, -0.2) is 40.9 Å². The predicted octanol–water partition coefficient (Wildman–Crippen LogP) is 1.83. The van der Waals surface area contributed by atoms with Gasteiger partial charge >= 0.3 is 0 Å². The van der Waals surface area contributed by atoms with Crippen LogP contribution in [0.4, 0.5) is 0 Å². The van der Waals surface area contributed by atoms with E-state index in [4.69, 9.17) is 4.74 Å². The highest BCUT2D eigenvalue weighted by atomic mass is 16.5. The van der Waals surface area contributed by atoms with E-state index in [2.05, 4.69) is 4.98 Å². The minimum atomic E-state index is -0.237. The molecule has 0 radical (unpaired) electrons. The maximum absolute atomic E-state index is 12.9. The van der Waals surface area contributed by atoms with Gasteiger partial charge in [-0.15, -0.1) is 0 Å². The van der Waals surface area contributed by atoms with Gasteiger partial charge in [0, 0.05) is 20.3 Å². The topological polar surface area (TPSA) is 63.9 Å². The largest absolute Gasteiger partial charge is 0.467 e. The van der Waals surface area contributed by atoms with Crippen molar-refractivity contribution in [1.82, 2.24) is 14.3 Å². The molecule has 2 heterocycles. The summed E-state index contributed by atoms with van der Waals surface area (Å²) in [7, 11) is 3.29. The molecule has 6 nitrogen and oxygen atoms in total. The second-order valence-corrected chi connectivity index (χ2v) is 5.47. The van der Waals surface area contributed by atoms with Gasteiger partial charge in [-0.3, -0.25) is 14.0 Å². The van der Waals surface area contributed by atoms with E-state index in [1.165, 1.54) is 9.30 Å². The average Bonchev–Trinajstić information content (AvgIpc) is 2.60. The Kier molecular flexibility index (Phi) is 4.29. The third-order valence-electron chi connectivity index (χ3n) is 3.59. The zero-order valence-electron chi connectivity index (χ0n) is 13.5. The number of likely N-dealkylation sites (N-methyl/N-ethyl adjacent to an activating group) is 1. The normalized spacial score (nSPS) is 10.6. The van der Waals surface area contributed by atoms with Crippen LogP contribution in [-0.2, 0) is 4.79 Å². The molecule has 0 bridgehead atoms. The van der Waals surface area contributed by atoms with E-state index in [9.17, 15) is 9.59 Å². The zero-order valence-corrected chi connectivity index (χ0v) is 13.5. The summed E-state index contributed by atoms with van der Waals surface area (Å²) in [6.45, 7) is -0.178. The lowest BCUT2D eigenvalue weighted by Crippen LogP contribution is -2.28. The number of benzene rings is 1. The second kappa shape index (κ2) is 6.54. The van der Waals surface area contributed by atoms with E-state index < -0.39 is 0 Å². The Hall–Kier alpha value is -3.15. The fraction of sp³-hybridized carbons (Fsp3) is 0.167. The van der Waals surface area contributed by atoms with Gasteiger partial charge in [-0.25, -0.2) is 0 Å². The number of hydrogen-bond acceptors (Lipinski definition) is 4. The van der Waals surface area contributed by atoms with E-state index in [0.717, 1.165) is 0 Å². The summed E-state index contributed by atoms with van der Waals surface area (Å²) in [6, 6.07) is 14.4. The number of ether oxygens (including phenoxy) is 1. The lowest BCUT2D eigenvalue weighted by atomic mass is 10.1. The van der Waals surface area contributed by atoms with Crippen LogP contribution < -0.4 is 10.3 Å². The van der Waals surface area contributed by atoms with Crippen LogP contribution in [0.2, 0.25) is 0 Å². The van der Waals surface area contributed by atoms with Gasteiger partial charge in [0.2, 0.25) is 5.88 Å². The molecule has 0 aliphatic rings. The van der Waals surface area contributed by atoms with Gasteiger partial charge in [-0.05, 0) is 17.7 Å². The van der Waals surface area contributed by atoms with E-state index in [1.807, 2.05) is 30.3 Å². The van der Waals surface area contributed by atoms with Gasteiger partial charge in [-0.1, -0.05) is 36.4 Å². The minimum absolute atomic E-state index is 0.160. The number of amides is 1.